The van der Waals surface area contributed by atoms with Gasteiger partial charge in [-0.25, -0.2) is 0 Å². The number of aromatic hydroxyl groups is 1. The third kappa shape index (κ3) is 5.62. The first kappa shape index (κ1) is 22.5. The highest BCUT2D eigenvalue weighted by atomic mass is 16.5. The van der Waals surface area contributed by atoms with Crippen molar-refractivity contribution in [2.75, 3.05) is 32.7 Å². The van der Waals surface area contributed by atoms with Crippen molar-refractivity contribution in [3.05, 3.63) is 83.9 Å². The highest BCUT2D eigenvalue weighted by molar-refractivity contribution is 5.95. The molecule has 6 nitrogen and oxygen atoms in total. The molecule has 0 aromatic heterocycles. The smallest absolute Gasteiger partial charge is 0.251 e. The number of nitrogens with zero attached hydrogens (tertiary/aromatic N) is 2. The Morgan fingerprint density at radius 3 is 2.65 bits per heavy atom. The van der Waals surface area contributed by atoms with Crippen LogP contribution in [-0.2, 0) is 4.74 Å². The second-order valence-corrected chi connectivity index (χ2v) is 9.54. The molecule has 1 saturated carbocycles. The van der Waals surface area contributed by atoms with Gasteiger partial charge in [0.05, 0.1) is 0 Å². The SMILES string of the molecule is O=C(NCC1CC1)c1ccccc1C1CCN(CCN2C=COC(c3cccc(O)c3)=C2)CC1. The Bertz CT molecular complexity index is 1070. The van der Waals surface area contributed by atoms with Crippen molar-refractivity contribution in [1.29, 1.82) is 0 Å². The molecule has 6 heteroatoms. The van der Waals surface area contributed by atoms with Gasteiger partial charge in [-0.1, -0.05) is 30.3 Å². The topological polar surface area (TPSA) is 65.0 Å². The zero-order chi connectivity index (χ0) is 23.3. The summed E-state index contributed by atoms with van der Waals surface area (Å²) in [5.74, 6) is 2.16. The average molecular weight is 460 g/mol. The Balaban J connectivity index is 1.13. The summed E-state index contributed by atoms with van der Waals surface area (Å²) in [5.41, 5.74) is 2.91. The molecule has 1 aliphatic carbocycles. The highest BCUT2D eigenvalue weighted by Gasteiger charge is 2.26. The molecule has 2 fully saturated rings. The van der Waals surface area contributed by atoms with Crippen LogP contribution in [-0.4, -0.2) is 53.5 Å². The van der Waals surface area contributed by atoms with Gasteiger partial charge in [0.15, 0.2) is 0 Å². The Morgan fingerprint density at radius 1 is 1.03 bits per heavy atom. The average Bonchev–Trinajstić information content (AvgIpc) is 3.71. The minimum atomic E-state index is 0.0818. The lowest BCUT2D eigenvalue weighted by Crippen LogP contribution is -2.38. The number of benzene rings is 2. The van der Waals surface area contributed by atoms with E-state index in [0.717, 1.165) is 62.5 Å². The molecule has 0 spiro atoms. The summed E-state index contributed by atoms with van der Waals surface area (Å²) in [6.07, 6.45) is 10.2. The molecule has 178 valence electrons. The van der Waals surface area contributed by atoms with E-state index in [-0.39, 0.29) is 11.7 Å². The number of phenolic OH excluding ortho intramolecular Hbond substituents is 1. The van der Waals surface area contributed by atoms with Gasteiger partial charge in [-0.2, -0.15) is 0 Å². The second kappa shape index (κ2) is 10.3. The molecule has 0 radical (unpaired) electrons. The van der Waals surface area contributed by atoms with Crippen molar-refractivity contribution < 1.29 is 14.6 Å². The van der Waals surface area contributed by atoms with Crippen LogP contribution in [0.1, 0.15) is 53.1 Å². The van der Waals surface area contributed by atoms with E-state index >= 15 is 0 Å². The first-order chi connectivity index (χ1) is 16.7. The summed E-state index contributed by atoms with van der Waals surface area (Å²) >= 11 is 0. The van der Waals surface area contributed by atoms with Gasteiger partial charge in [-0.15, -0.1) is 0 Å². The van der Waals surface area contributed by atoms with Crippen LogP contribution < -0.4 is 5.32 Å². The van der Waals surface area contributed by atoms with Gasteiger partial charge >= 0.3 is 0 Å². The highest BCUT2D eigenvalue weighted by Crippen LogP contribution is 2.31. The van der Waals surface area contributed by atoms with Gasteiger partial charge in [0.2, 0.25) is 0 Å². The Labute approximate surface area is 201 Å². The van der Waals surface area contributed by atoms with Gasteiger partial charge in [-0.05, 0) is 74.4 Å². The number of carbonyl (C=O) groups is 1. The third-order valence-electron chi connectivity index (χ3n) is 7.02. The van der Waals surface area contributed by atoms with Crippen LogP contribution in [0.5, 0.6) is 5.75 Å². The van der Waals surface area contributed by atoms with E-state index in [9.17, 15) is 9.90 Å². The number of likely N-dealkylation sites (tertiary alicyclic amines) is 1. The van der Waals surface area contributed by atoms with Gasteiger partial charge < -0.3 is 25.0 Å². The number of amides is 1. The van der Waals surface area contributed by atoms with E-state index in [1.165, 1.54) is 18.4 Å². The minimum absolute atomic E-state index is 0.0818. The van der Waals surface area contributed by atoms with Crippen molar-refractivity contribution in [3.63, 3.8) is 0 Å². The Kier molecular flexibility index (Phi) is 6.86. The van der Waals surface area contributed by atoms with Crippen LogP contribution in [0, 0.1) is 5.92 Å². The van der Waals surface area contributed by atoms with Crippen LogP contribution in [0.3, 0.4) is 0 Å². The molecule has 2 N–H and O–H groups in total. The van der Waals surface area contributed by atoms with Crippen molar-refractivity contribution in [2.45, 2.75) is 31.6 Å². The number of piperidine rings is 1. The zero-order valence-electron chi connectivity index (χ0n) is 19.5. The molecule has 0 atom stereocenters. The van der Waals surface area contributed by atoms with E-state index < -0.39 is 0 Å². The predicted molar refractivity (Wildman–Crippen MR) is 133 cm³/mol. The number of hydrogen-bond acceptors (Lipinski definition) is 5. The van der Waals surface area contributed by atoms with Crippen LogP contribution in [0.25, 0.3) is 5.76 Å². The van der Waals surface area contributed by atoms with E-state index in [1.807, 2.05) is 36.7 Å². The summed E-state index contributed by atoms with van der Waals surface area (Å²) in [7, 11) is 0. The van der Waals surface area contributed by atoms with E-state index in [2.05, 4.69) is 27.2 Å². The molecule has 5 rings (SSSR count). The zero-order valence-corrected chi connectivity index (χ0v) is 19.5. The molecule has 0 unspecified atom stereocenters. The van der Waals surface area contributed by atoms with Gasteiger partial charge in [0.25, 0.3) is 5.91 Å². The molecule has 3 aliphatic rings. The number of ether oxygens (including phenoxy) is 1. The molecule has 2 aliphatic heterocycles. The number of carbonyl (C=O) groups excluding carboxylic acids is 1. The maximum Gasteiger partial charge on any atom is 0.251 e. The summed E-state index contributed by atoms with van der Waals surface area (Å²) in [6.45, 7) is 4.69. The van der Waals surface area contributed by atoms with E-state index in [4.69, 9.17) is 4.74 Å². The maximum absolute atomic E-state index is 12.8. The van der Waals surface area contributed by atoms with Crippen molar-refractivity contribution >= 4 is 11.7 Å². The summed E-state index contributed by atoms with van der Waals surface area (Å²) in [5, 5.41) is 12.9. The molecule has 1 saturated heterocycles. The molecule has 0 bridgehead atoms. The molecular weight excluding hydrogens is 426 g/mol. The van der Waals surface area contributed by atoms with Crippen molar-refractivity contribution in [2.24, 2.45) is 5.92 Å². The fraction of sp³-hybridized carbons (Fsp3) is 0.393. The second-order valence-electron chi connectivity index (χ2n) is 9.54. The lowest BCUT2D eigenvalue weighted by Gasteiger charge is -2.34. The fourth-order valence-corrected chi connectivity index (χ4v) is 4.79. The van der Waals surface area contributed by atoms with Gasteiger partial charge in [0.1, 0.15) is 17.8 Å². The molecular formula is C28H33N3O3. The van der Waals surface area contributed by atoms with Gasteiger partial charge in [0, 0.05) is 43.2 Å². The summed E-state index contributed by atoms with van der Waals surface area (Å²) in [4.78, 5) is 17.4. The van der Waals surface area contributed by atoms with Gasteiger partial charge in [-0.3, -0.25) is 4.79 Å². The van der Waals surface area contributed by atoms with Crippen LogP contribution in [0.4, 0.5) is 0 Å². The quantitative estimate of drug-likeness (QED) is 0.608. The normalized spacial score (nSPS) is 18.9. The number of nitrogens with one attached hydrogen (secondary N) is 1. The number of rotatable bonds is 8. The molecule has 1 amide bonds. The standard InChI is InChI=1S/C28H33N3O3/c32-24-5-3-4-23(18-24)27-20-31(16-17-34-27)15-14-30-12-10-22(11-13-30)25-6-1-2-7-26(25)28(33)29-19-21-8-9-21/h1-7,16-18,20-22,32H,8-15,19H2,(H,29,33). The monoisotopic (exact) mass is 459 g/mol. The van der Waals surface area contributed by atoms with E-state index in [1.54, 1.807) is 18.4 Å². The van der Waals surface area contributed by atoms with Crippen LogP contribution >= 0.6 is 0 Å². The van der Waals surface area contributed by atoms with E-state index in [0.29, 0.717) is 11.8 Å². The first-order valence-corrected chi connectivity index (χ1v) is 12.4. The van der Waals surface area contributed by atoms with Crippen molar-refractivity contribution in [1.82, 2.24) is 15.1 Å². The number of hydrogen-bond donors (Lipinski definition) is 2. The third-order valence-corrected chi connectivity index (χ3v) is 7.02. The molecule has 2 aromatic carbocycles. The minimum Gasteiger partial charge on any atom is -0.508 e. The lowest BCUT2D eigenvalue weighted by molar-refractivity contribution is 0.0949. The Morgan fingerprint density at radius 2 is 1.85 bits per heavy atom. The molecule has 2 heterocycles. The first-order valence-electron chi connectivity index (χ1n) is 12.4. The molecule has 34 heavy (non-hydrogen) atoms. The Hall–Kier alpha value is -3.25. The van der Waals surface area contributed by atoms with Crippen LogP contribution in [0.15, 0.2) is 67.2 Å². The maximum atomic E-state index is 12.8. The van der Waals surface area contributed by atoms with Crippen molar-refractivity contribution in [3.8, 4) is 5.75 Å². The summed E-state index contributed by atoms with van der Waals surface area (Å²) < 4.78 is 5.65. The fourth-order valence-electron chi connectivity index (χ4n) is 4.79. The lowest BCUT2D eigenvalue weighted by atomic mass is 9.86. The van der Waals surface area contributed by atoms with Crippen LogP contribution in [0.2, 0.25) is 0 Å². The largest absolute Gasteiger partial charge is 0.508 e. The number of phenols is 1. The molecule has 2 aromatic rings. The summed E-state index contributed by atoms with van der Waals surface area (Å²) in [6, 6.07) is 15.2. The predicted octanol–water partition coefficient (Wildman–Crippen LogP) is 4.51.